The van der Waals surface area contributed by atoms with Crippen LogP contribution in [0.3, 0.4) is 0 Å². The summed E-state index contributed by atoms with van der Waals surface area (Å²) in [5.74, 6) is 0.0575. The molecular formula is C21H23FN2O3. The number of carbonyl (C=O) groups is 2. The molecule has 142 valence electrons. The number of hydrogen-bond acceptors (Lipinski definition) is 3. The maximum Gasteiger partial charge on any atom is 0.263 e. The lowest BCUT2D eigenvalue weighted by atomic mass is 10.1. The van der Waals surface area contributed by atoms with E-state index in [1.807, 2.05) is 31.2 Å². The van der Waals surface area contributed by atoms with Gasteiger partial charge >= 0.3 is 0 Å². The first-order chi connectivity index (χ1) is 12.9. The number of nitrogens with zero attached hydrogens (tertiary/aromatic N) is 2. The molecule has 2 aromatic carbocycles. The van der Waals surface area contributed by atoms with E-state index in [0.717, 1.165) is 5.56 Å². The minimum Gasteiger partial charge on any atom is -0.481 e. The van der Waals surface area contributed by atoms with Crippen LogP contribution in [-0.2, 0) is 4.79 Å². The third-order valence-corrected chi connectivity index (χ3v) is 4.62. The molecule has 2 amide bonds. The average Bonchev–Trinajstić information content (AvgIpc) is 2.67. The Balaban J connectivity index is 1.54. The van der Waals surface area contributed by atoms with Crippen LogP contribution in [0.15, 0.2) is 48.5 Å². The molecule has 3 rings (SSSR count). The van der Waals surface area contributed by atoms with E-state index >= 15 is 0 Å². The fraction of sp³-hybridized carbons (Fsp3) is 0.333. The molecule has 1 unspecified atom stereocenters. The monoisotopic (exact) mass is 370 g/mol. The number of rotatable bonds is 4. The molecule has 0 bridgehead atoms. The molecule has 1 aliphatic rings. The van der Waals surface area contributed by atoms with Crippen LogP contribution in [0.4, 0.5) is 4.39 Å². The zero-order valence-corrected chi connectivity index (χ0v) is 15.5. The predicted octanol–water partition coefficient (Wildman–Crippen LogP) is 2.89. The molecule has 0 saturated carbocycles. The highest BCUT2D eigenvalue weighted by Crippen LogP contribution is 2.16. The molecule has 1 heterocycles. The smallest absolute Gasteiger partial charge is 0.263 e. The highest BCUT2D eigenvalue weighted by molar-refractivity contribution is 5.94. The first kappa shape index (κ1) is 18.9. The second-order valence-electron chi connectivity index (χ2n) is 6.70. The molecule has 27 heavy (non-hydrogen) atoms. The standard InChI is InChI=1S/C21H23FN2O3/c1-15-4-3-5-19(14-15)27-16(2)20(25)23-10-12-24(13-11-23)21(26)17-6-8-18(22)9-7-17/h3-9,14,16H,10-13H2,1-2H3. The second-order valence-corrected chi connectivity index (χ2v) is 6.70. The van der Waals surface area contributed by atoms with Gasteiger partial charge < -0.3 is 14.5 Å². The lowest BCUT2D eigenvalue weighted by Gasteiger charge is -2.36. The summed E-state index contributed by atoms with van der Waals surface area (Å²) in [4.78, 5) is 28.5. The highest BCUT2D eigenvalue weighted by atomic mass is 19.1. The topological polar surface area (TPSA) is 49.9 Å². The van der Waals surface area contributed by atoms with E-state index in [1.54, 1.807) is 16.7 Å². The molecule has 0 aliphatic carbocycles. The molecule has 0 spiro atoms. The summed E-state index contributed by atoms with van der Waals surface area (Å²) in [6.45, 7) is 5.50. The van der Waals surface area contributed by atoms with Crippen molar-refractivity contribution in [3.05, 3.63) is 65.5 Å². The van der Waals surface area contributed by atoms with Crippen LogP contribution in [0.2, 0.25) is 0 Å². The number of piperazine rings is 1. The van der Waals surface area contributed by atoms with E-state index in [-0.39, 0.29) is 17.6 Å². The van der Waals surface area contributed by atoms with Crippen LogP contribution in [0.5, 0.6) is 5.75 Å². The van der Waals surface area contributed by atoms with Crippen molar-refractivity contribution in [1.29, 1.82) is 0 Å². The van der Waals surface area contributed by atoms with Crippen LogP contribution >= 0.6 is 0 Å². The summed E-state index contributed by atoms with van der Waals surface area (Å²) in [5, 5.41) is 0. The molecule has 5 nitrogen and oxygen atoms in total. The van der Waals surface area contributed by atoms with Gasteiger partial charge in [0.2, 0.25) is 0 Å². The minimum absolute atomic E-state index is 0.0922. The molecule has 1 fully saturated rings. The summed E-state index contributed by atoms with van der Waals surface area (Å²) in [6, 6.07) is 13.1. The number of amides is 2. The summed E-state index contributed by atoms with van der Waals surface area (Å²) < 4.78 is 18.8. The van der Waals surface area contributed by atoms with Crippen molar-refractivity contribution >= 4 is 11.8 Å². The van der Waals surface area contributed by atoms with Crippen molar-refractivity contribution in [3.63, 3.8) is 0 Å². The Morgan fingerprint density at radius 2 is 1.63 bits per heavy atom. The van der Waals surface area contributed by atoms with E-state index in [1.165, 1.54) is 24.3 Å². The first-order valence-corrected chi connectivity index (χ1v) is 9.01. The third-order valence-electron chi connectivity index (χ3n) is 4.62. The zero-order valence-electron chi connectivity index (χ0n) is 15.5. The van der Waals surface area contributed by atoms with Crippen molar-refractivity contribution in [3.8, 4) is 5.75 Å². The van der Waals surface area contributed by atoms with E-state index in [0.29, 0.717) is 37.5 Å². The van der Waals surface area contributed by atoms with Gasteiger partial charge in [0.1, 0.15) is 11.6 Å². The molecule has 0 aromatic heterocycles. The van der Waals surface area contributed by atoms with Crippen molar-refractivity contribution in [2.24, 2.45) is 0 Å². The summed E-state index contributed by atoms with van der Waals surface area (Å²) in [6.07, 6.45) is -0.592. The van der Waals surface area contributed by atoms with Crippen molar-refractivity contribution < 1.29 is 18.7 Å². The Morgan fingerprint density at radius 3 is 2.26 bits per heavy atom. The van der Waals surface area contributed by atoms with Crippen LogP contribution in [-0.4, -0.2) is 53.9 Å². The lowest BCUT2D eigenvalue weighted by Crippen LogP contribution is -2.53. The van der Waals surface area contributed by atoms with E-state index < -0.39 is 6.10 Å². The van der Waals surface area contributed by atoms with Crippen LogP contribution in [0, 0.1) is 12.7 Å². The largest absolute Gasteiger partial charge is 0.481 e. The predicted molar refractivity (Wildman–Crippen MR) is 100 cm³/mol. The number of benzene rings is 2. The van der Waals surface area contributed by atoms with Gasteiger partial charge in [0, 0.05) is 31.7 Å². The second kappa shape index (κ2) is 8.20. The molecule has 1 aliphatic heterocycles. The average molecular weight is 370 g/mol. The fourth-order valence-corrected chi connectivity index (χ4v) is 3.11. The fourth-order valence-electron chi connectivity index (χ4n) is 3.11. The number of halogens is 1. The Morgan fingerprint density at radius 1 is 1.00 bits per heavy atom. The zero-order chi connectivity index (χ0) is 19.4. The minimum atomic E-state index is -0.592. The van der Waals surface area contributed by atoms with Gasteiger partial charge in [0.25, 0.3) is 11.8 Å². The number of hydrogen-bond donors (Lipinski definition) is 0. The Bertz CT molecular complexity index is 814. The van der Waals surface area contributed by atoms with Gasteiger partial charge in [-0.15, -0.1) is 0 Å². The molecule has 0 N–H and O–H groups in total. The maximum absolute atomic E-state index is 13.0. The quantitative estimate of drug-likeness (QED) is 0.832. The number of aryl methyl sites for hydroxylation is 1. The van der Waals surface area contributed by atoms with E-state index in [4.69, 9.17) is 4.74 Å². The van der Waals surface area contributed by atoms with Gasteiger partial charge in [0.05, 0.1) is 0 Å². The van der Waals surface area contributed by atoms with Crippen molar-refractivity contribution in [2.45, 2.75) is 20.0 Å². The normalized spacial score (nSPS) is 15.4. The maximum atomic E-state index is 13.0. The molecule has 1 saturated heterocycles. The summed E-state index contributed by atoms with van der Waals surface area (Å²) >= 11 is 0. The van der Waals surface area contributed by atoms with Crippen LogP contribution < -0.4 is 4.74 Å². The molecule has 1 atom stereocenters. The first-order valence-electron chi connectivity index (χ1n) is 9.01. The van der Waals surface area contributed by atoms with Gasteiger partial charge in [-0.25, -0.2) is 4.39 Å². The molecular weight excluding hydrogens is 347 g/mol. The summed E-state index contributed by atoms with van der Waals surface area (Å²) in [5.41, 5.74) is 1.52. The third kappa shape index (κ3) is 4.64. The van der Waals surface area contributed by atoms with Crippen molar-refractivity contribution in [1.82, 2.24) is 9.80 Å². The van der Waals surface area contributed by atoms with Gasteiger partial charge in [-0.2, -0.15) is 0 Å². The van der Waals surface area contributed by atoms with Crippen molar-refractivity contribution in [2.75, 3.05) is 26.2 Å². The van der Waals surface area contributed by atoms with Crippen LogP contribution in [0.25, 0.3) is 0 Å². The SMILES string of the molecule is Cc1cccc(OC(C)C(=O)N2CCN(C(=O)c3ccc(F)cc3)CC2)c1. The Labute approximate surface area is 158 Å². The lowest BCUT2D eigenvalue weighted by molar-refractivity contribution is -0.139. The van der Waals surface area contributed by atoms with Gasteiger partial charge in [-0.1, -0.05) is 12.1 Å². The van der Waals surface area contributed by atoms with E-state index in [9.17, 15) is 14.0 Å². The van der Waals surface area contributed by atoms with Crippen LogP contribution in [0.1, 0.15) is 22.8 Å². The molecule has 6 heteroatoms. The number of carbonyl (C=O) groups excluding carboxylic acids is 2. The molecule has 2 aromatic rings. The highest BCUT2D eigenvalue weighted by Gasteiger charge is 2.28. The van der Waals surface area contributed by atoms with Gasteiger partial charge in [0.15, 0.2) is 6.10 Å². The number of ether oxygens (including phenoxy) is 1. The molecule has 0 radical (unpaired) electrons. The Kier molecular flexibility index (Phi) is 5.74. The Hall–Kier alpha value is -2.89. The van der Waals surface area contributed by atoms with Gasteiger partial charge in [-0.05, 0) is 55.8 Å². The van der Waals surface area contributed by atoms with Gasteiger partial charge in [-0.3, -0.25) is 9.59 Å². The van der Waals surface area contributed by atoms with E-state index in [2.05, 4.69) is 0 Å². The summed E-state index contributed by atoms with van der Waals surface area (Å²) in [7, 11) is 0.